The maximum atomic E-state index is 13.9. The van der Waals surface area contributed by atoms with Crippen molar-refractivity contribution < 1.29 is 8.78 Å². The van der Waals surface area contributed by atoms with Crippen LogP contribution in [0.5, 0.6) is 0 Å². The molecule has 0 spiro atoms. The highest BCUT2D eigenvalue weighted by molar-refractivity contribution is 9.10. The van der Waals surface area contributed by atoms with E-state index in [4.69, 9.17) is 17.4 Å². The number of nitrogens with one attached hydrogen (secondary N) is 1. The molecule has 0 aliphatic rings. The van der Waals surface area contributed by atoms with Gasteiger partial charge >= 0.3 is 0 Å². The molecule has 2 aromatic carbocycles. The van der Waals surface area contributed by atoms with Crippen LogP contribution in [0.4, 0.5) is 8.78 Å². The van der Waals surface area contributed by atoms with Crippen molar-refractivity contribution in [1.82, 2.24) is 5.43 Å². The molecule has 1 atom stereocenters. The molecule has 0 radical (unpaired) electrons. The quantitative estimate of drug-likeness (QED) is 0.635. The summed E-state index contributed by atoms with van der Waals surface area (Å²) in [7, 11) is 0. The lowest BCUT2D eigenvalue weighted by Crippen LogP contribution is -2.30. The fourth-order valence-corrected chi connectivity index (χ4v) is 2.79. The fourth-order valence-electron chi connectivity index (χ4n) is 1.97. The second-order valence-corrected chi connectivity index (χ2v) is 5.56. The first-order valence-electron chi connectivity index (χ1n) is 5.87. The average molecular weight is 362 g/mol. The normalized spacial score (nSPS) is 12.4. The highest BCUT2D eigenvalue weighted by atomic mass is 79.9. The van der Waals surface area contributed by atoms with E-state index >= 15 is 0 Å². The standard InChI is InChI=1S/C14H12BrClF2N2/c15-11-7-9(17)4-5-10(11)13(20-19)6-8-2-1-3-12(16)14(8)18/h1-5,7,13,20H,6,19H2. The van der Waals surface area contributed by atoms with Crippen LogP contribution < -0.4 is 11.3 Å². The topological polar surface area (TPSA) is 38.0 Å². The predicted octanol–water partition coefficient (Wildman–Crippen LogP) is 4.13. The first kappa shape index (κ1) is 15.4. The third kappa shape index (κ3) is 3.35. The summed E-state index contributed by atoms with van der Waals surface area (Å²) in [5, 5.41) is 0.0662. The van der Waals surface area contributed by atoms with Gasteiger partial charge in [0.05, 0.1) is 11.1 Å². The fraction of sp³-hybridized carbons (Fsp3) is 0.143. The molecule has 3 N–H and O–H groups in total. The molecule has 2 nitrogen and oxygen atoms in total. The SMILES string of the molecule is NNC(Cc1cccc(Cl)c1F)c1ccc(F)cc1Br. The Labute approximate surface area is 129 Å². The summed E-state index contributed by atoms with van der Waals surface area (Å²) in [5.41, 5.74) is 3.80. The molecule has 2 aromatic rings. The molecule has 6 heteroatoms. The van der Waals surface area contributed by atoms with Gasteiger partial charge in [0.15, 0.2) is 0 Å². The second-order valence-electron chi connectivity index (χ2n) is 4.30. The molecular weight excluding hydrogens is 350 g/mol. The van der Waals surface area contributed by atoms with Crippen LogP contribution in [0.1, 0.15) is 17.2 Å². The average Bonchev–Trinajstić information content (AvgIpc) is 2.41. The number of nitrogens with two attached hydrogens (primary N) is 1. The largest absolute Gasteiger partial charge is 0.271 e. The molecule has 0 saturated carbocycles. The van der Waals surface area contributed by atoms with Crippen molar-refractivity contribution in [3.05, 3.63) is 68.7 Å². The lowest BCUT2D eigenvalue weighted by molar-refractivity contribution is 0.526. The van der Waals surface area contributed by atoms with Crippen LogP contribution in [0, 0.1) is 11.6 Å². The highest BCUT2D eigenvalue weighted by Crippen LogP contribution is 2.28. The van der Waals surface area contributed by atoms with Crippen LogP contribution in [0.3, 0.4) is 0 Å². The van der Waals surface area contributed by atoms with E-state index < -0.39 is 5.82 Å². The van der Waals surface area contributed by atoms with Gasteiger partial charge in [-0.2, -0.15) is 0 Å². The first-order chi connectivity index (χ1) is 9.52. The molecule has 2 rings (SSSR count). The van der Waals surface area contributed by atoms with E-state index in [2.05, 4.69) is 21.4 Å². The van der Waals surface area contributed by atoms with Crippen molar-refractivity contribution in [2.75, 3.05) is 0 Å². The number of rotatable bonds is 4. The van der Waals surface area contributed by atoms with Crippen LogP contribution in [0.2, 0.25) is 5.02 Å². The lowest BCUT2D eigenvalue weighted by Gasteiger charge is -2.18. The van der Waals surface area contributed by atoms with Crippen molar-refractivity contribution in [2.24, 2.45) is 5.84 Å². The van der Waals surface area contributed by atoms with Crippen molar-refractivity contribution in [2.45, 2.75) is 12.5 Å². The van der Waals surface area contributed by atoms with Crippen LogP contribution in [0.15, 0.2) is 40.9 Å². The minimum Gasteiger partial charge on any atom is -0.271 e. The van der Waals surface area contributed by atoms with Gasteiger partial charge in [-0.25, -0.2) is 8.78 Å². The van der Waals surface area contributed by atoms with Gasteiger partial charge in [0, 0.05) is 4.47 Å². The molecule has 0 fully saturated rings. The molecule has 106 valence electrons. The van der Waals surface area contributed by atoms with Gasteiger partial charge in [0.1, 0.15) is 11.6 Å². The molecular formula is C14H12BrClF2N2. The zero-order valence-corrected chi connectivity index (χ0v) is 12.7. The summed E-state index contributed by atoms with van der Waals surface area (Å²) in [6.07, 6.45) is 0.299. The summed E-state index contributed by atoms with van der Waals surface area (Å²) >= 11 is 9.03. The van der Waals surface area contributed by atoms with E-state index in [0.717, 1.165) is 5.56 Å². The molecule has 0 amide bonds. The van der Waals surface area contributed by atoms with E-state index in [1.165, 1.54) is 18.2 Å². The van der Waals surface area contributed by atoms with Gasteiger partial charge in [-0.15, -0.1) is 0 Å². The maximum absolute atomic E-state index is 13.9. The Morgan fingerprint density at radius 1 is 1.25 bits per heavy atom. The van der Waals surface area contributed by atoms with Gasteiger partial charge in [-0.3, -0.25) is 11.3 Å². The molecule has 20 heavy (non-hydrogen) atoms. The van der Waals surface area contributed by atoms with Crippen molar-refractivity contribution >= 4 is 27.5 Å². The summed E-state index contributed by atoms with van der Waals surface area (Å²) in [4.78, 5) is 0. The Morgan fingerprint density at radius 2 is 2.00 bits per heavy atom. The van der Waals surface area contributed by atoms with E-state index in [-0.39, 0.29) is 16.9 Å². The number of benzene rings is 2. The molecule has 0 bridgehead atoms. The van der Waals surface area contributed by atoms with Gasteiger partial charge in [-0.05, 0) is 35.7 Å². The van der Waals surface area contributed by atoms with Crippen molar-refractivity contribution in [1.29, 1.82) is 0 Å². The van der Waals surface area contributed by atoms with E-state index in [1.807, 2.05) is 0 Å². The summed E-state index contributed by atoms with van der Waals surface area (Å²) in [5.74, 6) is 4.71. The highest BCUT2D eigenvalue weighted by Gasteiger charge is 2.17. The Bertz CT molecular complexity index is 622. The van der Waals surface area contributed by atoms with Crippen LogP contribution in [0.25, 0.3) is 0 Å². The molecule has 1 unspecified atom stereocenters. The number of hydrogen-bond donors (Lipinski definition) is 2. The van der Waals surface area contributed by atoms with Gasteiger partial charge in [0.25, 0.3) is 0 Å². The van der Waals surface area contributed by atoms with Gasteiger partial charge in [-0.1, -0.05) is 45.7 Å². The first-order valence-corrected chi connectivity index (χ1v) is 7.04. The Hall–Kier alpha value is -1.01. The molecule has 0 aromatic heterocycles. The number of halogens is 4. The van der Waals surface area contributed by atoms with Crippen LogP contribution >= 0.6 is 27.5 Å². The van der Waals surface area contributed by atoms with E-state index in [1.54, 1.807) is 18.2 Å². The van der Waals surface area contributed by atoms with Crippen LogP contribution in [-0.4, -0.2) is 0 Å². The Kier molecular flexibility index (Phi) is 5.10. The van der Waals surface area contributed by atoms with E-state index in [9.17, 15) is 8.78 Å². The van der Waals surface area contributed by atoms with Gasteiger partial charge in [0.2, 0.25) is 0 Å². The van der Waals surface area contributed by atoms with Gasteiger partial charge < -0.3 is 0 Å². The molecule has 0 aliphatic heterocycles. The van der Waals surface area contributed by atoms with Crippen LogP contribution in [-0.2, 0) is 6.42 Å². The lowest BCUT2D eigenvalue weighted by atomic mass is 9.99. The monoisotopic (exact) mass is 360 g/mol. The third-order valence-corrected chi connectivity index (χ3v) is 3.97. The minimum atomic E-state index is -0.465. The molecule has 0 saturated heterocycles. The van der Waals surface area contributed by atoms with Crippen molar-refractivity contribution in [3.8, 4) is 0 Å². The number of hydrazine groups is 1. The Morgan fingerprint density at radius 3 is 2.65 bits per heavy atom. The molecule has 0 aliphatic carbocycles. The summed E-state index contributed by atoms with van der Waals surface area (Å²) in [6.45, 7) is 0. The number of hydrogen-bond acceptors (Lipinski definition) is 2. The maximum Gasteiger partial charge on any atom is 0.145 e. The van der Waals surface area contributed by atoms with E-state index in [0.29, 0.717) is 16.5 Å². The predicted molar refractivity (Wildman–Crippen MR) is 79.3 cm³/mol. The second kappa shape index (κ2) is 6.63. The third-order valence-electron chi connectivity index (χ3n) is 2.99. The minimum absolute atomic E-state index is 0.0662. The van der Waals surface area contributed by atoms with Crippen molar-refractivity contribution in [3.63, 3.8) is 0 Å². The summed E-state index contributed by atoms with van der Waals surface area (Å²) < 4.78 is 27.6. The Balaban J connectivity index is 2.31. The zero-order valence-electron chi connectivity index (χ0n) is 10.3. The zero-order chi connectivity index (χ0) is 14.7. The summed E-state index contributed by atoms with van der Waals surface area (Å²) in [6, 6.07) is 8.72. The molecule has 0 heterocycles. The smallest absolute Gasteiger partial charge is 0.145 e.